The molecule has 0 bridgehead atoms. The van der Waals surface area contributed by atoms with Gasteiger partial charge in [-0.1, -0.05) is 18.2 Å². The molecule has 2 amide bonds. The minimum Gasteiger partial charge on any atom is -0.450 e. The third-order valence-corrected chi connectivity index (χ3v) is 3.12. The summed E-state index contributed by atoms with van der Waals surface area (Å²) in [6.45, 7) is 2.59. The molecule has 0 spiro atoms. The zero-order valence-electron chi connectivity index (χ0n) is 11.5. The number of nitrogens with one attached hydrogen (secondary N) is 1. The summed E-state index contributed by atoms with van der Waals surface area (Å²) in [5.74, 6) is -0.396. The fourth-order valence-corrected chi connectivity index (χ4v) is 2.36. The molecule has 20 heavy (non-hydrogen) atoms. The lowest BCUT2D eigenvalue weighted by molar-refractivity contribution is -0.119. The summed E-state index contributed by atoms with van der Waals surface area (Å²) in [6, 6.07) is 7.82. The molecular formula is C14H19N3O3. The quantitative estimate of drug-likeness (QED) is 0.847. The van der Waals surface area contributed by atoms with Crippen LogP contribution < -0.4 is 16.0 Å². The highest BCUT2D eigenvalue weighted by Gasteiger charge is 2.23. The lowest BCUT2D eigenvalue weighted by Gasteiger charge is -2.34. The van der Waals surface area contributed by atoms with Crippen LogP contribution >= 0.6 is 0 Å². The molecule has 0 aromatic heterocycles. The Bertz CT molecular complexity index is 504. The molecule has 1 aliphatic rings. The second kappa shape index (κ2) is 6.38. The minimum atomic E-state index is -0.716. The van der Waals surface area contributed by atoms with Gasteiger partial charge in [0.25, 0.3) is 0 Å². The van der Waals surface area contributed by atoms with Gasteiger partial charge in [-0.3, -0.25) is 10.1 Å². The highest BCUT2D eigenvalue weighted by Crippen LogP contribution is 2.25. The van der Waals surface area contributed by atoms with E-state index in [1.54, 1.807) is 6.92 Å². The van der Waals surface area contributed by atoms with Gasteiger partial charge in [-0.05, 0) is 25.0 Å². The first kappa shape index (κ1) is 14.3. The summed E-state index contributed by atoms with van der Waals surface area (Å²) >= 11 is 0. The van der Waals surface area contributed by atoms with Gasteiger partial charge in [0.15, 0.2) is 0 Å². The molecular weight excluding hydrogens is 258 g/mol. The molecule has 0 aliphatic carbocycles. The number of rotatable bonds is 3. The normalized spacial score (nSPS) is 17.3. The number of fused-ring (bicyclic) bond motifs is 1. The van der Waals surface area contributed by atoms with Gasteiger partial charge in [0, 0.05) is 18.3 Å². The number of carbonyl (C=O) groups is 2. The van der Waals surface area contributed by atoms with Crippen LogP contribution in [0, 0.1) is 0 Å². The molecule has 6 nitrogen and oxygen atoms in total. The fourth-order valence-electron chi connectivity index (χ4n) is 2.36. The highest BCUT2D eigenvalue weighted by atomic mass is 16.5. The van der Waals surface area contributed by atoms with Gasteiger partial charge >= 0.3 is 6.09 Å². The van der Waals surface area contributed by atoms with Crippen molar-refractivity contribution in [2.45, 2.75) is 19.4 Å². The second-order valence-electron chi connectivity index (χ2n) is 4.74. The summed E-state index contributed by atoms with van der Waals surface area (Å²) in [4.78, 5) is 24.9. The minimum absolute atomic E-state index is 0.0136. The Hall–Kier alpha value is -2.08. The number of para-hydroxylation sites is 1. The molecule has 1 aromatic carbocycles. The largest absolute Gasteiger partial charge is 0.450 e. The van der Waals surface area contributed by atoms with E-state index in [0.717, 1.165) is 17.7 Å². The molecule has 0 fully saturated rings. The van der Waals surface area contributed by atoms with Crippen molar-refractivity contribution in [2.75, 3.05) is 24.6 Å². The van der Waals surface area contributed by atoms with E-state index in [0.29, 0.717) is 6.54 Å². The van der Waals surface area contributed by atoms with E-state index in [-0.39, 0.29) is 19.2 Å². The first-order chi connectivity index (χ1) is 9.60. The maximum atomic E-state index is 11.8. The third-order valence-electron chi connectivity index (χ3n) is 3.12. The van der Waals surface area contributed by atoms with E-state index in [4.69, 9.17) is 5.73 Å². The number of imide groups is 1. The number of amides is 2. The van der Waals surface area contributed by atoms with Crippen molar-refractivity contribution in [1.29, 1.82) is 0 Å². The smallest absolute Gasteiger partial charge is 0.413 e. The maximum Gasteiger partial charge on any atom is 0.413 e. The van der Waals surface area contributed by atoms with Gasteiger partial charge in [-0.15, -0.1) is 0 Å². The van der Waals surface area contributed by atoms with E-state index in [1.165, 1.54) is 0 Å². The number of nitrogens with two attached hydrogens (primary N) is 1. The van der Waals surface area contributed by atoms with Crippen LogP contribution in [0.5, 0.6) is 0 Å². The molecule has 0 saturated carbocycles. The molecule has 2 rings (SSSR count). The first-order valence-electron chi connectivity index (χ1n) is 6.65. The highest BCUT2D eigenvalue weighted by molar-refractivity contribution is 5.94. The number of carbonyl (C=O) groups excluding carboxylic acids is 2. The van der Waals surface area contributed by atoms with Crippen LogP contribution in [-0.2, 0) is 16.0 Å². The summed E-state index contributed by atoms with van der Waals surface area (Å²) < 4.78 is 4.68. The SMILES string of the molecule is CCOC(=O)NC(=O)CN1CC(N)Cc2ccccc21. The molecule has 3 N–H and O–H groups in total. The van der Waals surface area contributed by atoms with Crippen molar-refractivity contribution in [3.05, 3.63) is 29.8 Å². The van der Waals surface area contributed by atoms with E-state index < -0.39 is 12.0 Å². The van der Waals surface area contributed by atoms with Gasteiger partial charge in [0.1, 0.15) is 0 Å². The molecule has 108 valence electrons. The molecule has 1 unspecified atom stereocenters. The van der Waals surface area contributed by atoms with Gasteiger partial charge < -0.3 is 15.4 Å². The Labute approximate surface area is 117 Å². The lowest BCUT2D eigenvalue weighted by Crippen LogP contribution is -2.48. The van der Waals surface area contributed by atoms with E-state index >= 15 is 0 Å². The van der Waals surface area contributed by atoms with Crippen molar-refractivity contribution in [1.82, 2.24) is 5.32 Å². The number of hydrogen-bond acceptors (Lipinski definition) is 5. The zero-order valence-corrected chi connectivity index (χ0v) is 11.5. The van der Waals surface area contributed by atoms with Crippen molar-refractivity contribution < 1.29 is 14.3 Å². The van der Waals surface area contributed by atoms with Crippen LogP contribution in [0.4, 0.5) is 10.5 Å². The summed E-state index contributed by atoms with van der Waals surface area (Å²) in [7, 11) is 0. The van der Waals surface area contributed by atoms with Crippen LogP contribution in [0.1, 0.15) is 12.5 Å². The fraction of sp³-hybridized carbons (Fsp3) is 0.429. The van der Waals surface area contributed by atoms with Crippen LogP contribution in [-0.4, -0.2) is 37.7 Å². The summed E-state index contributed by atoms with van der Waals surface area (Å²) in [5.41, 5.74) is 8.11. The Morgan fingerprint density at radius 3 is 2.95 bits per heavy atom. The molecule has 0 radical (unpaired) electrons. The number of benzene rings is 1. The van der Waals surface area contributed by atoms with Crippen molar-refractivity contribution in [3.8, 4) is 0 Å². The number of ether oxygens (including phenoxy) is 1. The van der Waals surface area contributed by atoms with Gasteiger partial charge in [-0.25, -0.2) is 4.79 Å². The van der Waals surface area contributed by atoms with Crippen LogP contribution in [0.25, 0.3) is 0 Å². The van der Waals surface area contributed by atoms with Crippen molar-refractivity contribution in [2.24, 2.45) is 5.73 Å². The van der Waals surface area contributed by atoms with Crippen molar-refractivity contribution >= 4 is 17.7 Å². The van der Waals surface area contributed by atoms with Crippen LogP contribution in [0.2, 0.25) is 0 Å². The Kier molecular flexibility index (Phi) is 4.57. The summed E-state index contributed by atoms with van der Waals surface area (Å²) in [6.07, 6.45) is 0.0821. The van der Waals surface area contributed by atoms with Gasteiger partial charge in [0.2, 0.25) is 5.91 Å². The number of nitrogens with zero attached hydrogens (tertiary/aromatic N) is 1. The van der Waals surface area contributed by atoms with Crippen LogP contribution in [0.3, 0.4) is 0 Å². The Morgan fingerprint density at radius 1 is 1.45 bits per heavy atom. The number of anilines is 1. The molecule has 1 heterocycles. The average Bonchev–Trinajstić information content (AvgIpc) is 2.38. The van der Waals surface area contributed by atoms with Gasteiger partial charge in [0.05, 0.1) is 13.2 Å². The molecule has 6 heteroatoms. The number of hydrogen-bond donors (Lipinski definition) is 2. The van der Waals surface area contributed by atoms with E-state index in [2.05, 4.69) is 10.1 Å². The first-order valence-corrected chi connectivity index (χ1v) is 6.65. The Balaban J connectivity index is 2.02. The zero-order chi connectivity index (χ0) is 14.5. The molecule has 0 saturated heterocycles. The monoisotopic (exact) mass is 277 g/mol. The predicted octanol–water partition coefficient (Wildman–Crippen LogP) is 0.649. The number of alkyl carbamates (subject to hydrolysis) is 1. The Morgan fingerprint density at radius 2 is 2.20 bits per heavy atom. The van der Waals surface area contributed by atoms with Crippen molar-refractivity contribution in [3.63, 3.8) is 0 Å². The topological polar surface area (TPSA) is 84.7 Å². The summed E-state index contributed by atoms with van der Waals surface area (Å²) in [5, 5.41) is 2.19. The lowest BCUT2D eigenvalue weighted by atomic mass is 9.98. The molecule has 1 aliphatic heterocycles. The van der Waals surface area contributed by atoms with E-state index in [9.17, 15) is 9.59 Å². The average molecular weight is 277 g/mol. The van der Waals surface area contributed by atoms with E-state index in [1.807, 2.05) is 29.2 Å². The standard InChI is InChI=1S/C14H19N3O3/c1-2-20-14(19)16-13(18)9-17-8-11(15)7-10-5-3-4-6-12(10)17/h3-6,11H,2,7-9,15H2,1H3,(H,16,18,19). The second-order valence-corrected chi connectivity index (χ2v) is 4.74. The third kappa shape index (κ3) is 3.48. The van der Waals surface area contributed by atoms with Gasteiger partial charge in [-0.2, -0.15) is 0 Å². The molecule has 1 atom stereocenters. The maximum absolute atomic E-state index is 11.8. The predicted molar refractivity (Wildman–Crippen MR) is 75.5 cm³/mol. The molecule has 1 aromatic rings. The van der Waals surface area contributed by atoms with Crippen LogP contribution in [0.15, 0.2) is 24.3 Å².